The molecule has 4 nitrogen and oxygen atoms in total. The van der Waals surface area contributed by atoms with Crippen LogP contribution >= 0.6 is 0 Å². The van der Waals surface area contributed by atoms with Gasteiger partial charge in [-0.15, -0.1) is 0 Å². The van der Waals surface area contributed by atoms with Crippen molar-refractivity contribution in [3.05, 3.63) is 58.4 Å². The number of aromatic nitrogens is 1. The summed E-state index contributed by atoms with van der Waals surface area (Å²) in [6, 6.07) is 4.90. The Morgan fingerprint density at radius 2 is 2.00 bits per heavy atom. The number of nitrogens with zero attached hydrogens (tertiary/aromatic N) is 1. The number of furan rings is 1. The summed E-state index contributed by atoms with van der Waals surface area (Å²) >= 11 is 0. The third kappa shape index (κ3) is 2.16. The number of nitrogens with two attached hydrogens (primary N) is 1. The van der Waals surface area contributed by atoms with E-state index in [4.69, 9.17) is 10.2 Å². The highest BCUT2D eigenvalue weighted by Crippen LogP contribution is 2.10. The van der Waals surface area contributed by atoms with Gasteiger partial charge in [0, 0.05) is 36.6 Å². The van der Waals surface area contributed by atoms with E-state index in [1.807, 2.05) is 10.6 Å². The fraction of sp³-hybridized carbons (Fsp3) is 0.182. The number of pyridine rings is 1. The standard InChI is InChI=1S/C11H12N2O2/c12-7-9-3-6-15-11(9)8-13-4-1-10(14)2-5-13/h1-6H,7-8,12H2. The lowest BCUT2D eigenvalue weighted by atomic mass is 10.2. The predicted octanol–water partition coefficient (Wildman–Crippen LogP) is 0.948. The highest BCUT2D eigenvalue weighted by molar-refractivity contribution is 5.17. The van der Waals surface area contributed by atoms with Gasteiger partial charge in [0.1, 0.15) is 5.76 Å². The van der Waals surface area contributed by atoms with E-state index in [0.717, 1.165) is 11.3 Å². The van der Waals surface area contributed by atoms with Crippen LogP contribution in [0.25, 0.3) is 0 Å². The molecule has 0 aromatic carbocycles. The maximum absolute atomic E-state index is 10.9. The molecule has 0 aliphatic heterocycles. The summed E-state index contributed by atoms with van der Waals surface area (Å²) in [5.41, 5.74) is 6.55. The Morgan fingerprint density at radius 1 is 1.27 bits per heavy atom. The third-order valence-electron chi connectivity index (χ3n) is 2.24. The lowest BCUT2D eigenvalue weighted by Crippen LogP contribution is -2.06. The van der Waals surface area contributed by atoms with E-state index in [2.05, 4.69) is 0 Å². The van der Waals surface area contributed by atoms with E-state index in [9.17, 15) is 4.79 Å². The number of hydrogen-bond acceptors (Lipinski definition) is 3. The highest BCUT2D eigenvalue weighted by Gasteiger charge is 2.04. The van der Waals surface area contributed by atoms with Crippen LogP contribution in [-0.4, -0.2) is 4.57 Å². The first-order chi connectivity index (χ1) is 7.29. The van der Waals surface area contributed by atoms with Gasteiger partial charge < -0.3 is 14.7 Å². The van der Waals surface area contributed by atoms with Crippen LogP contribution in [0, 0.1) is 0 Å². The van der Waals surface area contributed by atoms with Gasteiger partial charge in [0.15, 0.2) is 5.43 Å². The van der Waals surface area contributed by atoms with Crippen molar-refractivity contribution >= 4 is 0 Å². The number of hydrogen-bond donors (Lipinski definition) is 1. The Hall–Kier alpha value is -1.81. The van der Waals surface area contributed by atoms with Crippen molar-refractivity contribution in [3.8, 4) is 0 Å². The molecular formula is C11H12N2O2. The molecule has 0 saturated heterocycles. The summed E-state index contributed by atoms with van der Waals surface area (Å²) in [5.74, 6) is 0.834. The van der Waals surface area contributed by atoms with Gasteiger partial charge in [0.25, 0.3) is 0 Å². The highest BCUT2D eigenvalue weighted by atomic mass is 16.3. The first kappa shape index (κ1) is 9.73. The maximum Gasteiger partial charge on any atom is 0.181 e. The van der Waals surface area contributed by atoms with E-state index in [1.54, 1.807) is 18.7 Å². The first-order valence-electron chi connectivity index (χ1n) is 4.71. The van der Waals surface area contributed by atoms with Crippen LogP contribution in [0.3, 0.4) is 0 Å². The minimum Gasteiger partial charge on any atom is -0.467 e. The summed E-state index contributed by atoms with van der Waals surface area (Å²) in [6.07, 6.45) is 5.08. The molecule has 0 fully saturated rings. The van der Waals surface area contributed by atoms with Crippen LogP contribution < -0.4 is 11.2 Å². The second-order valence-corrected chi connectivity index (χ2v) is 3.28. The van der Waals surface area contributed by atoms with Gasteiger partial charge in [-0.1, -0.05) is 0 Å². The van der Waals surface area contributed by atoms with Crippen LogP contribution in [0.1, 0.15) is 11.3 Å². The van der Waals surface area contributed by atoms with Gasteiger partial charge in [-0.3, -0.25) is 4.79 Å². The normalized spacial score (nSPS) is 10.5. The van der Waals surface area contributed by atoms with E-state index in [-0.39, 0.29) is 5.43 Å². The molecule has 78 valence electrons. The molecule has 0 bridgehead atoms. The van der Waals surface area contributed by atoms with Gasteiger partial charge in [0.2, 0.25) is 0 Å². The second kappa shape index (κ2) is 4.14. The van der Waals surface area contributed by atoms with Crippen molar-refractivity contribution in [1.29, 1.82) is 0 Å². The van der Waals surface area contributed by atoms with Crippen molar-refractivity contribution in [2.45, 2.75) is 13.1 Å². The molecule has 0 aliphatic carbocycles. The van der Waals surface area contributed by atoms with Crippen LogP contribution in [-0.2, 0) is 13.1 Å². The van der Waals surface area contributed by atoms with Crippen LogP contribution in [0.2, 0.25) is 0 Å². The molecule has 0 unspecified atom stereocenters. The monoisotopic (exact) mass is 204 g/mol. The van der Waals surface area contributed by atoms with E-state index < -0.39 is 0 Å². The second-order valence-electron chi connectivity index (χ2n) is 3.28. The third-order valence-corrected chi connectivity index (χ3v) is 2.24. The van der Waals surface area contributed by atoms with Gasteiger partial charge in [-0.25, -0.2) is 0 Å². The Bertz CT molecular complexity index is 479. The topological polar surface area (TPSA) is 61.2 Å². The first-order valence-corrected chi connectivity index (χ1v) is 4.71. The van der Waals surface area contributed by atoms with Crippen LogP contribution in [0.15, 0.2) is 46.1 Å². The quantitative estimate of drug-likeness (QED) is 0.809. The zero-order valence-electron chi connectivity index (χ0n) is 8.22. The summed E-state index contributed by atoms with van der Waals surface area (Å²) in [7, 11) is 0. The minimum atomic E-state index is 0.00439. The lowest BCUT2D eigenvalue weighted by molar-refractivity contribution is 0.488. The van der Waals surface area contributed by atoms with Crippen LogP contribution in [0.5, 0.6) is 0 Å². The smallest absolute Gasteiger partial charge is 0.181 e. The molecule has 0 spiro atoms. The zero-order valence-corrected chi connectivity index (χ0v) is 8.22. The Balaban J connectivity index is 2.21. The summed E-state index contributed by atoms with van der Waals surface area (Å²) in [5, 5.41) is 0. The van der Waals surface area contributed by atoms with Crippen molar-refractivity contribution in [3.63, 3.8) is 0 Å². The molecule has 4 heteroatoms. The fourth-order valence-corrected chi connectivity index (χ4v) is 1.40. The Morgan fingerprint density at radius 3 is 2.67 bits per heavy atom. The molecule has 0 aliphatic rings. The number of rotatable bonds is 3. The molecule has 0 radical (unpaired) electrons. The molecular weight excluding hydrogens is 192 g/mol. The van der Waals surface area contributed by atoms with Crippen molar-refractivity contribution in [2.24, 2.45) is 5.73 Å². The molecule has 2 N–H and O–H groups in total. The van der Waals surface area contributed by atoms with Gasteiger partial charge in [0.05, 0.1) is 12.8 Å². The average molecular weight is 204 g/mol. The molecule has 2 heterocycles. The summed E-state index contributed by atoms with van der Waals surface area (Å²) < 4.78 is 7.19. The minimum absolute atomic E-state index is 0.00439. The SMILES string of the molecule is NCc1ccoc1Cn1ccc(=O)cc1. The zero-order chi connectivity index (χ0) is 10.7. The Labute approximate surface area is 86.9 Å². The van der Waals surface area contributed by atoms with Gasteiger partial charge in [-0.05, 0) is 6.07 Å². The molecule has 2 aromatic rings. The van der Waals surface area contributed by atoms with Gasteiger partial charge >= 0.3 is 0 Å². The molecule has 0 amide bonds. The predicted molar refractivity (Wildman–Crippen MR) is 56.4 cm³/mol. The summed E-state index contributed by atoms with van der Waals surface area (Å²) in [4.78, 5) is 10.9. The molecule has 0 atom stereocenters. The molecule has 2 aromatic heterocycles. The van der Waals surface area contributed by atoms with E-state index in [0.29, 0.717) is 13.1 Å². The van der Waals surface area contributed by atoms with Crippen molar-refractivity contribution in [2.75, 3.05) is 0 Å². The Kier molecular flexibility index (Phi) is 2.69. The van der Waals surface area contributed by atoms with E-state index >= 15 is 0 Å². The van der Waals surface area contributed by atoms with E-state index in [1.165, 1.54) is 12.1 Å². The average Bonchev–Trinajstić information content (AvgIpc) is 2.69. The largest absolute Gasteiger partial charge is 0.467 e. The molecule has 0 saturated carbocycles. The fourth-order valence-electron chi connectivity index (χ4n) is 1.40. The molecule has 2 rings (SSSR count). The van der Waals surface area contributed by atoms with Crippen molar-refractivity contribution < 1.29 is 4.42 Å². The summed E-state index contributed by atoms with van der Waals surface area (Å²) in [6.45, 7) is 1.06. The maximum atomic E-state index is 10.9. The lowest BCUT2D eigenvalue weighted by Gasteiger charge is -2.04. The molecule has 15 heavy (non-hydrogen) atoms. The van der Waals surface area contributed by atoms with Crippen molar-refractivity contribution in [1.82, 2.24) is 4.57 Å². The van der Waals surface area contributed by atoms with Gasteiger partial charge in [-0.2, -0.15) is 0 Å². The van der Waals surface area contributed by atoms with Crippen LogP contribution in [0.4, 0.5) is 0 Å².